The van der Waals surface area contributed by atoms with Crippen molar-refractivity contribution in [1.29, 1.82) is 0 Å². The van der Waals surface area contributed by atoms with Crippen LogP contribution in [-0.4, -0.2) is 28.3 Å². The Kier molecular flexibility index (Phi) is 4.78. The summed E-state index contributed by atoms with van der Waals surface area (Å²) in [5.74, 6) is 0. The maximum atomic E-state index is 4.20. The molecular formula is C9H15N3S. The molecule has 3 nitrogen and oxygen atoms in total. The Hall–Kier alpha value is -0.610. The number of nitrogens with one attached hydrogen (secondary N) is 1. The summed E-state index contributed by atoms with van der Waals surface area (Å²) >= 11 is 1.75. The van der Waals surface area contributed by atoms with Crippen LogP contribution in [0.5, 0.6) is 0 Å². The molecule has 1 aromatic heterocycles. The third-order valence-corrected chi connectivity index (χ3v) is 2.56. The third kappa shape index (κ3) is 4.24. The topological polar surface area (TPSA) is 37.8 Å². The molecule has 0 aliphatic carbocycles. The maximum absolute atomic E-state index is 4.20. The zero-order valence-electron chi connectivity index (χ0n) is 8.03. The largest absolute Gasteiger partial charge is 0.316 e. The monoisotopic (exact) mass is 197 g/mol. The van der Waals surface area contributed by atoms with Gasteiger partial charge in [-0.25, -0.2) is 4.98 Å². The minimum atomic E-state index is 0.539. The highest BCUT2D eigenvalue weighted by Crippen LogP contribution is 2.18. The Morgan fingerprint density at radius 3 is 3.00 bits per heavy atom. The van der Waals surface area contributed by atoms with Gasteiger partial charge >= 0.3 is 0 Å². The minimum Gasteiger partial charge on any atom is -0.316 e. The number of nitrogens with zero attached hydrogens (tertiary/aromatic N) is 2. The molecule has 0 saturated heterocycles. The van der Waals surface area contributed by atoms with Crippen molar-refractivity contribution in [2.24, 2.45) is 0 Å². The fraction of sp³-hybridized carbons (Fsp3) is 0.556. The molecule has 1 aromatic rings. The van der Waals surface area contributed by atoms with E-state index in [1.807, 2.05) is 0 Å². The van der Waals surface area contributed by atoms with Gasteiger partial charge in [-0.15, -0.1) is 11.8 Å². The molecule has 1 unspecified atom stereocenters. The lowest BCUT2D eigenvalue weighted by Gasteiger charge is -2.09. The Labute approximate surface area is 83.4 Å². The van der Waals surface area contributed by atoms with Gasteiger partial charge in [0, 0.05) is 24.2 Å². The smallest absolute Gasteiger partial charge is 0.115 e. The van der Waals surface area contributed by atoms with Crippen molar-refractivity contribution >= 4 is 11.8 Å². The van der Waals surface area contributed by atoms with Crippen molar-refractivity contribution in [3.63, 3.8) is 0 Å². The van der Waals surface area contributed by atoms with Gasteiger partial charge in [0.05, 0.1) is 6.20 Å². The molecule has 0 fully saturated rings. The molecule has 72 valence electrons. The average Bonchev–Trinajstić information content (AvgIpc) is 2.16. The molecule has 0 bridgehead atoms. The number of hydrogen-bond acceptors (Lipinski definition) is 4. The maximum Gasteiger partial charge on any atom is 0.115 e. The fourth-order valence-electron chi connectivity index (χ4n) is 0.942. The molecule has 4 heteroatoms. The first-order valence-corrected chi connectivity index (χ1v) is 5.34. The first-order valence-electron chi connectivity index (χ1n) is 4.46. The predicted molar refractivity (Wildman–Crippen MR) is 55.9 cm³/mol. The summed E-state index contributed by atoms with van der Waals surface area (Å²) in [4.78, 5) is 8.21. The molecule has 0 spiro atoms. The molecule has 0 radical (unpaired) electrons. The summed E-state index contributed by atoms with van der Waals surface area (Å²) < 4.78 is 0. The highest BCUT2D eigenvalue weighted by atomic mass is 32.2. The molecule has 1 heterocycles. The first kappa shape index (κ1) is 10.5. The van der Waals surface area contributed by atoms with Crippen LogP contribution in [0.15, 0.2) is 23.6 Å². The van der Waals surface area contributed by atoms with Crippen molar-refractivity contribution in [1.82, 2.24) is 15.3 Å². The van der Waals surface area contributed by atoms with Crippen molar-refractivity contribution in [2.45, 2.75) is 24.1 Å². The van der Waals surface area contributed by atoms with E-state index in [-0.39, 0.29) is 0 Å². The van der Waals surface area contributed by atoms with E-state index in [2.05, 4.69) is 29.1 Å². The van der Waals surface area contributed by atoms with Crippen molar-refractivity contribution < 1.29 is 0 Å². The summed E-state index contributed by atoms with van der Waals surface area (Å²) in [5, 5.41) is 4.83. The fourth-order valence-corrected chi connectivity index (χ4v) is 1.80. The average molecular weight is 197 g/mol. The van der Waals surface area contributed by atoms with E-state index in [0.29, 0.717) is 5.25 Å². The van der Waals surface area contributed by atoms with Crippen LogP contribution >= 0.6 is 11.8 Å². The van der Waals surface area contributed by atoms with Crippen LogP contribution in [0.4, 0.5) is 0 Å². The van der Waals surface area contributed by atoms with Crippen LogP contribution in [0.3, 0.4) is 0 Å². The third-order valence-electron chi connectivity index (χ3n) is 1.54. The van der Waals surface area contributed by atoms with Gasteiger partial charge in [-0.05, 0) is 6.54 Å². The normalized spacial score (nSPS) is 12.8. The lowest BCUT2D eigenvalue weighted by molar-refractivity contribution is 0.712. The van der Waals surface area contributed by atoms with Crippen molar-refractivity contribution in [3.05, 3.63) is 18.6 Å². The zero-order chi connectivity index (χ0) is 9.52. The summed E-state index contributed by atoms with van der Waals surface area (Å²) in [6.07, 6.45) is 5.22. The van der Waals surface area contributed by atoms with E-state index in [1.165, 1.54) is 0 Å². The summed E-state index contributed by atoms with van der Waals surface area (Å²) in [6.45, 7) is 6.32. The second kappa shape index (κ2) is 5.94. The molecule has 1 atom stereocenters. The standard InChI is InChI=1S/C9H15N3S/c1-3-10-6-8(2)13-9-7-11-4-5-12-9/h4-5,7-8,10H,3,6H2,1-2H3. The Bertz CT molecular complexity index is 228. The summed E-state index contributed by atoms with van der Waals surface area (Å²) in [6, 6.07) is 0. The van der Waals surface area contributed by atoms with E-state index in [4.69, 9.17) is 0 Å². The lowest BCUT2D eigenvalue weighted by Crippen LogP contribution is -2.22. The van der Waals surface area contributed by atoms with Gasteiger partial charge in [0.25, 0.3) is 0 Å². The van der Waals surface area contributed by atoms with E-state index < -0.39 is 0 Å². The van der Waals surface area contributed by atoms with Gasteiger partial charge in [-0.1, -0.05) is 13.8 Å². The molecule has 13 heavy (non-hydrogen) atoms. The van der Waals surface area contributed by atoms with Gasteiger partial charge < -0.3 is 5.32 Å². The van der Waals surface area contributed by atoms with Crippen LogP contribution in [0, 0.1) is 0 Å². The van der Waals surface area contributed by atoms with Crippen LogP contribution in [0.25, 0.3) is 0 Å². The molecule has 0 aliphatic rings. The highest BCUT2D eigenvalue weighted by molar-refractivity contribution is 7.99. The number of aromatic nitrogens is 2. The molecule has 1 N–H and O–H groups in total. The lowest BCUT2D eigenvalue weighted by atomic mass is 10.5. The van der Waals surface area contributed by atoms with Crippen molar-refractivity contribution in [3.8, 4) is 0 Å². The van der Waals surface area contributed by atoms with Gasteiger partial charge in [-0.3, -0.25) is 4.98 Å². The Morgan fingerprint density at radius 1 is 1.54 bits per heavy atom. The SMILES string of the molecule is CCNCC(C)Sc1cnccn1. The minimum absolute atomic E-state index is 0.539. The quantitative estimate of drug-likeness (QED) is 0.727. The van der Waals surface area contributed by atoms with Crippen LogP contribution < -0.4 is 5.32 Å². The molecule has 0 aliphatic heterocycles. The van der Waals surface area contributed by atoms with Crippen LogP contribution in [-0.2, 0) is 0 Å². The first-order chi connectivity index (χ1) is 6.33. The van der Waals surface area contributed by atoms with E-state index in [9.17, 15) is 0 Å². The number of hydrogen-bond donors (Lipinski definition) is 1. The van der Waals surface area contributed by atoms with Gasteiger partial charge in [0.1, 0.15) is 5.03 Å². The molecule has 0 amide bonds. The predicted octanol–water partition coefficient (Wildman–Crippen LogP) is 1.57. The van der Waals surface area contributed by atoms with E-state index in [1.54, 1.807) is 30.4 Å². The Balaban J connectivity index is 2.32. The van der Waals surface area contributed by atoms with E-state index in [0.717, 1.165) is 18.1 Å². The number of rotatable bonds is 5. The summed E-state index contributed by atoms with van der Waals surface area (Å²) in [5.41, 5.74) is 0. The number of thioether (sulfide) groups is 1. The molecule has 0 saturated carbocycles. The summed E-state index contributed by atoms with van der Waals surface area (Å²) in [7, 11) is 0. The second-order valence-electron chi connectivity index (χ2n) is 2.78. The highest BCUT2D eigenvalue weighted by Gasteiger charge is 2.03. The van der Waals surface area contributed by atoms with Gasteiger partial charge in [0.15, 0.2) is 0 Å². The second-order valence-corrected chi connectivity index (χ2v) is 4.24. The van der Waals surface area contributed by atoms with Crippen LogP contribution in [0.1, 0.15) is 13.8 Å². The Morgan fingerprint density at radius 2 is 2.38 bits per heavy atom. The molecule has 1 rings (SSSR count). The van der Waals surface area contributed by atoms with Gasteiger partial charge in [0.2, 0.25) is 0 Å². The molecule has 0 aromatic carbocycles. The molecular weight excluding hydrogens is 182 g/mol. The van der Waals surface area contributed by atoms with E-state index >= 15 is 0 Å². The van der Waals surface area contributed by atoms with Crippen molar-refractivity contribution in [2.75, 3.05) is 13.1 Å². The van der Waals surface area contributed by atoms with Crippen LogP contribution in [0.2, 0.25) is 0 Å². The zero-order valence-corrected chi connectivity index (χ0v) is 8.84. The van der Waals surface area contributed by atoms with Gasteiger partial charge in [-0.2, -0.15) is 0 Å².